The Bertz CT molecular complexity index is 664. The Balaban J connectivity index is 1.68. The van der Waals surface area contributed by atoms with Crippen molar-refractivity contribution in [3.05, 3.63) is 30.1 Å². The van der Waals surface area contributed by atoms with Crippen LogP contribution in [0.2, 0.25) is 0 Å². The Morgan fingerprint density at radius 1 is 1.35 bits per heavy atom. The van der Waals surface area contributed by atoms with Gasteiger partial charge in [-0.2, -0.15) is 0 Å². The van der Waals surface area contributed by atoms with Gasteiger partial charge in [-0.3, -0.25) is 9.59 Å². The third-order valence-electron chi connectivity index (χ3n) is 3.80. The highest BCUT2D eigenvalue weighted by atomic mass is 16.4. The number of aromatic nitrogens is 2. The lowest BCUT2D eigenvalue weighted by atomic mass is 10.1. The van der Waals surface area contributed by atoms with E-state index in [1.807, 2.05) is 0 Å². The zero-order valence-electron chi connectivity index (χ0n) is 10.8. The smallest absolute Gasteiger partial charge is 0.306 e. The number of carboxylic acids is 1. The van der Waals surface area contributed by atoms with Gasteiger partial charge >= 0.3 is 5.97 Å². The zero-order valence-corrected chi connectivity index (χ0v) is 10.8. The molecule has 6 heteroatoms. The molecule has 0 radical (unpaired) electrons. The van der Waals surface area contributed by atoms with Crippen molar-refractivity contribution < 1.29 is 14.7 Å². The molecule has 1 amide bonds. The van der Waals surface area contributed by atoms with Gasteiger partial charge in [-0.05, 0) is 37.5 Å². The van der Waals surface area contributed by atoms with Crippen molar-refractivity contribution in [1.82, 2.24) is 15.3 Å². The number of hydrogen-bond acceptors (Lipinski definition) is 3. The van der Waals surface area contributed by atoms with E-state index in [9.17, 15) is 9.59 Å². The van der Waals surface area contributed by atoms with Crippen molar-refractivity contribution in [2.45, 2.75) is 25.3 Å². The van der Waals surface area contributed by atoms with Crippen LogP contribution < -0.4 is 5.32 Å². The molecule has 1 fully saturated rings. The highest BCUT2D eigenvalue weighted by molar-refractivity contribution is 5.97. The minimum Gasteiger partial charge on any atom is -0.481 e. The van der Waals surface area contributed by atoms with E-state index in [1.54, 1.807) is 24.5 Å². The molecule has 104 valence electrons. The molecule has 0 saturated heterocycles. The number of nitrogens with zero attached hydrogens (tertiary/aromatic N) is 1. The summed E-state index contributed by atoms with van der Waals surface area (Å²) in [6.07, 6.45) is 3.43. The molecule has 0 spiro atoms. The van der Waals surface area contributed by atoms with Crippen LogP contribution in [-0.2, 0) is 4.79 Å². The number of aromatic amines is 1. The van der Waals surface area contributed by atoms with E-state index < -0.39 is 5.97 Å². The zero-order chi connectivity index (χ0) is 14.1. The number of H-pyrrole nitrogens is 1. The molecule has 0 unspecified atom stereocenters. The number of carboxylic acid groups (broad SMARTS) is 1. The van der Waals surface area contributed by atoms with Gasteiger partial charge in [0.2, 0.25) is 0 Å². The minimum absolute atomic E-state index is 0.0546. The van der Waals surface area contributed by atoms with Gasteiger partial charge in [0.05, 0.1) is 23.3 Å². The number of carbonyl (C=O) groups excluding carboxylic acids is 1. The maximum atomic E-state index is 12.1. The van der Waals surface area contributed by atoms with Crippen molar-refractivity contribution >= 4 is 22.9 Å². The summed E-state index contributed by atoms with van der Waals surface area (Å²) in [6.45, 7) is 0. The first-order valence-electron chi connectivity index (χ1n) is 6.60. The quantitative estimate of drug-likeness (QED) is 0.790. The van der Waals surface area contributed by atoms with Crippen molar-refractivity contribution in [2.24, 2.45) is 5.92 Å². The van der Waals surface area contributed by atoms with E-state index in [4.69, 9.17) is 5.11 Å². The van der Waals surface area contributed by atoms with E-state index >= 15 is 0 Å². The van der Waals surface area contributed by atoms with Crippen LogP contribution in [0.4, 0.5) is 0 Å². The van der Waals surface area contributed by atoms with Gasteiger partial charge in [0.1, 0.15) is 0 Å². The number of rotatable bonds is 3. The number of benzene rings is 1. The monoisotopic (exact) mass is 273 g/mol. The predicted octanol–water partition coefficient (Wildman–Crippen LogP) is 1.55. The molecule has 0 aliphatic heterocycles. The molecule has 3 N–H and O–H groups in total. The SMILES string of the molecule is O=C(N[C@H]1CC[C@@H](C(=O)O)C1)c1ccc2nc[nH]c2c1. The van der Waals surface area contributed by atoms with Crippen LogP contribution in [0.1, 0.15) is 29.6 Å². The number of aliphatic carboxylic acids is 1. The fraction of sp³-hybridized carbons (Fsp3) is 0.357. The van der Waals surface area contributed by atoms with Gasteiger partial charge in [0.25, 0.3) is 5.91 Å². The summed E-state index contributed by atoms with van der Waals surface area (Å²) in [4.78, 5) is 30.1. The Morgan fingerprint density at radius 3 is 2.95 bits per heavy atom. The van der Waals surface area contributed by atoms with Crippen LogP contribution >= 0.6 is 0 Å². The third-order valence-corrected chi connectivity index (χ3v) is 3.80. The van der Waals surface area contributed by atoms with E-state index in [-0.39, 0.29) is 17.9 Å². The van der Waals surface area contributed by atoms with Crippen LogP contribution in [0.3, 0.4) is 0 Å². The highest BCUT2D eigenvalue weighted by Gasteiger charge is 2.30. The lowest BCUT2D eigenvalue weighted by Gasteiger charge is -2.12. The molecule has 0 bridgehead atoms. The fourth-order valence-electron chi connectivity index (χ4n) is 2.68. The number of amides is 1. The Kier molecular flexibility index (Phi) is 3.14. The van der Waals surface area contributed by atoms with E-state index in [1.165, 1.54) is 0 Å². The number of hydrogen-bond donors (Lipinski definition) is 3. The van der Waals surface area contributed by atoms with Crippen molar-refractivity contribution in [1.29, 1.82) is 0 Å². The largest absolute Gasteiger partial charge is 0.481 e. The third kappa shape index (κ3) is 2.36. The summed E-state index contributed by atoms with van der Waals surface area (Å²) in [5.41, 5.74) is 2.18. The van der Waals surface area contributed by atoms with Crippen LogP contribution in [-0.4, -0.2) is 33.0 Å². The molecule has 1 saturated carbocycles. The number of carbonyl (C=O) groups is 2. The van der Waals surface area contributed by atoms with Gasteiger partial charge in [-0.15, -0.1) is 0 Å². The maximum absolute atomic E-state index is 12.1. The Morgan fingerprint density at radius 2 is 2.20 bits per heavy atom. The standard InChI is InChI=1S/C14H15N3O3/c18-13(17-10-3-1-9(5-10)14(19)20)8-2-4-11-12(6-8)16-7-15-11/h2,4,6-7,9-10H,1,3,5H2,(H,15,16)(H,17,18)(H,19,20)/t9-,10+/m1/s1. The summed E-state index contributed by atoms with van der Waals surface area (Å²) in [5.74, 6) is -1.28. The Labute approximate surface area is 115 Å². The summed E-state index contributed by atoms with van der Waals surface area (Å²) < 4.78 is 0. The molecule has 1 aliphatic carbocycles. The molecule has 1 heterocycles. The average molecular weight is 273 g/mol. The summed E-state index contributed by atoms with van der Waals surface area (Å²) in [5, 5.41) is 11.9. The highest BCUT2D eigenvalue weighted by Crippen LogP contribution is 2.26. The average Bonchev–Trinajstić information content (AvgIpc) is 3.05. The maximum Gasteiger partial charge on any atom is 0.306 e. The van der Waals surface area contributed by atoms with E-state index in [0.717, 1.165) is 17.5 Å². The van der Waals surface area contributed by atoms with Gasteiger partial charge in [-0.1, -0.05) is 0 Å². The lowest BCUT2D eigenvalue weighted by molar-refractivity contribution is -0.141. The van der Waals surface area contributed by atoms with Crippen LogP contribution in [0.15, 0.2) is 24.5 Å². The van der Waals surface area contributed by atoms with Crippen LogP contribution in [0.25, 0.3) is 11.0 Å². The first-order valence-corrected chi connectivity index (χ1v) is 6.60. The molecule has 3 rings (SSSR count). The molecule has 1 aliphatic rings. The fourth-order valence-corrected chi connectivity index (χ4v) is 2.68. The number of nitrogens with one attached hydrogen (secondary N) is 2. The molecule has 20 heavy (non-hydrogen) atoms. The molecule has 6 nitrogen and oxygen atoms in total. The van der Waals surface area contributed by atoms with E-state index in [0.29, 0.717) is 18.4 Å². The first-order chi connectivity index (χ1) is 9.63. The molecular formula is C14H15N3O3. The minimum atomic E-state index is -0.777. The second-order valence-electron chi connectivity index (χ2n) is 5.15. The first kappa shape index (κ1) is 12.7. The predicted molar refractivity (Wildman–Crippen MR) is 72.3 cm³/mol. The summed E-state index contributed by atoms with van der Waals surface area (Å²) >= 11 is 0. The molecule has 1 aromatic carbocycles. The molecule has 2 aromatic rings. The van der Waals surface area contributed by atoms with Crippen molar-refractivity contribution in [3.8, 4) is 0 Å². The van der Waals surface area contributed by atoms with Gasteiger partial charge < -0.3 is 15.4 Å². The van der Waals surface area contributed by atoms with Crippen molar-refractivity contribution in [3.63, 3.8) is 0 Å². The van der Waals surface area contributed by atoms with Crippen molar-refractivity contribution in [2.75, 3.05) is 0 Å². The van der Waals surface area contributed by atoms with Gasteiger partial charge in [0.15, 0.2) is 0 Å². The molecule has 2 atom stereocenters. The number of fused-ring (bicyclic) bond motifs is 1. The lowest BCUT2D eigenvalue weighted by Crippen LogP contribution is -2.33. The summed E-state index contributed by atoms with van der Waals surface area (Å²) in [7, 11) is 0. The topological polar surface area (TPSA) is 95.1 Å². The van der Waals surface area contributed by atoms with Gasteiger partial charge in [-0.25, -0.2) is 4.98 Å². The molecular weight excluding hydrogens is 258 g/mol. The van der Waals surface area contributed by atoms with Crippen LogP contribution in [0.5, 0.6) is 0 Å². The Hall–Kier alpha value is -2.37. The second kappa shape index (κ2) is 4.96. The number of imidazole rings is 1. The van der Waals surface area contributed by atoms with Gasteiger partial charge in [0, 0.05) is 11.6 Å². The summed E-state index contributed by atoms with van der Waals surface area (Å²) in [6, 6.07) is 5.21. The van der Waals surface area contributed by atoms with E-state index in [2.05, 4.69) is 15.3 Å². The molecule has 1 aromatic heterocycles. The normalized spacial score (nSPS) is 22.0. The van der Waals surface area contributed by atoms with Crippen LogP contribution in [0, 0.1) is 5.92 Å². The second-order valence-corrected chi connectivity index (χ2v) is 5.15.